The Kier molecular flexibility index (Phi) is 2.64. The normalized spacial score (nSPS) is 17.2. The third-order valence-electron chi connectivity index (χ3n) is 2.35. The Morgan fingerprint density at radius 3 is 2.53 bits per heavy atom. The molecule has 0 saturated heterocycles. The molecular formula is C9H9F3N4O. The number of alkyl halides is 3. The first-order chi connectivity index (χ1) is 7.91. The maximum atomic E-state index is 12.6. The molecule has 0 unspecified atom stereocenters. The van der Waals surface area contributed by atoms with E-state index in [1.54, 1.807) is 0 Å². The van der Waals surface area contributed by atoms with Gasteiger partial charge in [-0.05, 0) is 18.9 Å². The van der Waals surface area contributed by atoms with Gasteiger partial charge in [0.2, 0.25) is 0 Å². The van der Waals surface area contributed by atoms with Crippen LogP contribution >= 0.6 is 0 Å². The van der Waals surface area contributed by atoms with Crippen molar-refractivity contribution in [1.29, 1.82) is 0 Å². The highest BCUT2D eigenvalue weighted by Gasteiger charge is 2.36. The van der Waals surface area contributed by atoms with E-state index in [4.69, 9.17) is 10.9 Å². The van der Waals surface area contributed by atoms with Crippen molar-refractivity contribution >= 4 is 5.84 Å². The van der Waals surface area contributed by atoms with Crippen LogP contribution in [0.5, 0.6) is 0 Å². The number of rotatable bonds is 2. The number of nitrogens with zero attached hydrogens (tertiary/aromatic N) is 3. The minimum Gasteiger partial charge on any atom is -0.409 e. The van der Waals surface area contributed by atoms with E-state index in [0.717, 1.165) is 12.8 Å². The lowest BCUT2D eigenvalue weighted by Crippen LogP contribution is -2.19. The summed E-state index contributed by atoms with van der Waals surface area (Å²) in [5.41, 5.74) is 3.95. The smallest absolute Gasteiger partial charge is 0.409 e. The minimum absolute atomic E-state index is 0.0532. The Labute approximate surface area is 94.2 Å². The summed E-state index contributed by atoms with van der Waals surface area (Å²) >= 11 is 0. The quantitative estimate of drug-likeness (QED) is 0.358. The monoisotopic (exact) mass is 246 g/mol. The van der Waals surface area contributed by atoms with Gasteiger partial charge in [0.15, 0.2) is 5.84 Å². The highest BCUT2D eigenvalue weighted by molar-refractivity contribution is 5.95. The van der Waals surface area contributed by atoms with E-state index in [9.17, 15) is 13.2 Å². The molecule has 0 aliphatic heterocycles. The number of oxime groups is 1. The van der Waals surface area contributed by atoms with Gasteiger partial charge in [-0.1, -0.05) is 5.16 Å². The lowest BCUT2D eigenvalue weighted by Gasteiger charge is -2.09. The summed E-state index contributed by atoms with van der Waals surface area (Å²) in [6, 6.07) is 0.668. The Balaban J connectivity index is 2.50. The fourth-order valence-corrected chi connectivity index (χ4v) is 1.32. The van der Waals surface area contributed by atoms with Crippen LogP contribution in [0.4, 0.5) is 13.2 Å². The molecule has 0 amide bonds. The van der Waals surface area contributed by atoms with Crippen LogP contribution in [-0.4, -0.2) is 21.0 Å². The molecule has 0 aromatic carbocycles. The summed E-state index contributed by atoms with van der Waals surface area (Å²) in [4.78, 5) is 7.31. The molecule has 0 bridgehead atoms. The fourth-order valence-electron chi connectivity index (χ4n) is 1.32. The zero-order valence-corrected chi connectivity index (χ0v) is 8.57. The van der Waals surface area contributed by atoms with Crippen LogP contribution in [0.15, 0.2) is 11.2 Å². The largest absolute Gasteiger partial charge is 0.433 e. The van der Waals surface area contributed by atoms with Gasteiger partial charge in [-0.3, -0.25) is 0 Å². The number of nitrogens with two attached hydrogens (primary N) is 1. The van der Waals surface area contributed by atoms with Crippen molar-refractivity contribution in [1.82, 2.24) is 9.97 Å². The molecule has 17 heavy (non-hydrogen) atoms. The van der Waals surface area contributed by atoms with Crippen molar-refractivity contribution < 1.29 is 18.4 Å². The van der Waals surface area contributed by atoms with Gasteiger partial charge in [0.1, 0.15) is 17.2 Å². The molecular weight excluding hydrogens is 237 g/mol. The van der Waals surface area contributed by atoms with Crippen molar-refractivity contribution in [2.24, 2.45) is 10.9 Å². The Morgan fingerprint density at radius 2 is 2.06 bits per heavy atom. The van der Waals surface area contributed by atoms with Gasteiger partial charge < -0.3 is 10.9 Å². The molecule has 0 radical (unpaired) electrons. The third kappa shape index (κ3) is 2.45. The Hall–Kier alpha value is -1.86. The second kappa shape index (κ2) is 3.86. The molecule has 8 heteroatoms. The highest BCUT2D eigenvalue weighted by atomic mass is 19.4. The SMILES string of the molecule is N/C(=N\O)c1cc(C(F)(F)F)nc(C2CC2)n1. The molecule has 0 atom stereocenters. The number of hydrogen-bond acceptors (Lipinski definition) is 4. The zero-order valence-electron chi connectivity index (χ0n) is 8.57. The molecule has 1 aromatic rings. The van der Waals surface area contributed by atoms with Crippen molar-refractivity contribution in [3.63, 3.8) is 0 Å². The van der Waals surface area contributed by atoms with Gasteiger partial charge in [0, 0.05) is 5.92 Å². The van der Waals surface area contributed by atoms with Crippen molar-refractivity contribution in [2.45, 2.75) is 24.9 Å². The van der Waals surface area contributed by atoms with Crippen LogP contribution in [0.1, 0.15) is 36.0 Å². The highest BCUT2D eigenvalue weighted by Crippen LogP contribution is 2.39. The topological polar surface area (TPSA) is 84.4 Å². The van der Waals surface area contributed by atoms with Crippen LogP contribution < -0.4 is 5.73 Å². The number of halogens is 3. The standard InChI is InChI=1S/C9H9F3N4O/c10-9(11,12)6-3-5(7(13)16-17)14-8(15-6)4-1-2-4/h3-4,17H,1-2H2,(H2,13,16). The third-order valence-corrected chi connectivity index (χ3v) is 2.35. The second-order valence-corrected chi connectivity index (χ2v) is 3.75. The second-order valence-electron chi connectivity index (χ2n) is 3.75. The number of amidine groups is 1. The van der Waals surface area contributed by atoms with E-state index in [1.165, 1.54) is 0 Å². The van der Waals surface area contributed by atoms with Crippen LogP contribution in [0.3, 0.4) is 0 Å². The van der Waals surface area contributed by atoms with E-state index in [0.29, 0.717) is 6.07 Å². The molecule has 2 rings (SSSR count). The summed E-state index contributed by atoms with van der Waals surface area (Å²) in [6.07, 6.45) is -3.05. The van der Waals surface area contributed by atoms with Gasteiger partial charge in [-0.25, -0.2) is 9.97 Å². The predicted octanol–water partition coefficient (Wildman–Crippen LogP) is 1.47. The number of aromatic nitrogens is 2. The molecule has 1 heterocycles. The average Bonchev–Trinajstić information content (AvgIpc) is 3.10. The first-order valence-electron chi connectivity index (χ1n) is 4.86. The van der Waals surface area contributed by atoms with E-state index >= 15 is 0 Å². The van der Waals surface area contributed by atoms with Crippen LogP contribution in [-0.2, 0) is 6.18 Å². The van der Waals surface area contributed by atoms with Crippen molar-refractivity contribution in [2.75, 3.05) is 0 Å². The van der Waals surface area contributed by atoms with Gasteiger partial charge in [0.25, 0.3) is 0 Å². The molecule has 1 aliphatic carbocycles. The summed E-state index contributed by atoms with van der Waals surface area (Å²) in [5.74, 6) is -0.413. The Bertz CT molecular complexity index is 468. The lowest BCUT2D eigenvalue weighted by atomic mass is 10.2. The summed E-state index contributed by atoms with van der Waals surface area (Å²) in [5, 5.41) is 11.1. The maximum Gasteiger partial charge on any atom is 0.433 e. The zero-order chi connectivity index (χ0) is 12.6. The van der Waals surface area contributed by atoms with Gasteiger partial charge in [0.05, 0.1) is 0 Å². The van der Waals surface area contributed by atoms with E-state index in [1.807, 2.05) is 0 Å². The van der Waals surface area contributed by atoms with Crippen LogP contribution in [0.25, 0.3) is 0 Å². The molecule has 5 nitrogen and oxygen atoms in total. The summed E-state index contributed by atoms with van der Waals surface area (Å²) in [7, 11) is 0. The van der Waals surface area contributed by atoms with E-state index in [-0.39, 0.29) is 17.4 Å². The van der Waals surface area contributed by atoms with Crippen LogP contribution in [0, 0.1) is 0 Å². The molecule has 0 spiro atoms. The fraction of sp³-hybridized carbons (Fsp3) is 0.444. The van der Waals surface area contributed by atoms with Gasteiger partial charge in [-0.2, -0.15) is 13.2 Å². The molecule has 92 valence electrons. The lowest BCUT2D eigenvalue weighted by molar-refractivity contribution is -0.141. The predicted molar refractivity (Wildman–Crippen MR) is 51.5 cm³/mol. The van der Waals surface area contributed by atoms with E-state index in [2.05, 4.69) is 15.1 Å². The average molecular weight is 246 g/mol. The first-order valence-corrected chi connectivity index (χ1v) is 4.86. The van der Waals surface area contributed by atoms with E-state index < -0.39 is 17.7 Å². The van der Waals surface area contributed by atoms with Crippen LogP contribution in [0.2, 0.25) is 0 Å². The molecule has 1 fully saturated rings. The van der Waals surface area contributed by atoms with Crippen molar-refractivity contribution in [3.8, 4) is 0 Å². The summed E-state index contributed by atoms with van der Waals surface area (Å²) < 4.78 is 37.7. The molecule has 1 saturated carbocycles. The minimum atomic E-state index is -4.57. The maximum absolute atomic E-state index is 12.6. The number of hydrogen-bond donors (Lipinski definition) is 2. The van der Waals surface area contributed by atoms with Crippen molar-refractivity contribution in [3.05, 3.63) is 23.3 Å². The summed E-state index contributed by atoms with van der Waals surface area (Å²) in [6.45, 7) is 0. The molecule has 3 N–H and O–H groups in total. The molecule has 1 aromatic heterocycles. The molecule has 1 aliphatic rings. The van der Waals surface area contributed by atoms with Gasteiger partial charge >= 0.3 is 6.18 Å². The van der Waals surface area contributed by atoms with Gasteiger partial charge in [-0.15, -0.1) is 0 Å². The first kappa shape index (κ1) is 11.6. The Morgan fingerprint density at radius 1 is 1.41 bits per heavy atom.